The summed E-state index contributed by atoms with van der Waals surface area (Å²) in [5.74, 6) is 0. The number of rotatable bonds is 3. The third-order valence-corrected chi connectivity index (χ3v) is 5.08. The van der Waals surface area contributed by atoms with Crippen LogP contribution in [-0.2, 0) is 6.54 Å². The van der Waals surface area contributed by atoms with Crippen molar-refractivity contribution in [3.8, 4) is 11.3 Å². The number of aromatic nitrogens is 2. The molecule has 3 heteroatoms. The average molecular weight is 267 g/mol. The van der Waals surface area contributed by atoms with Gasteiger partial charge >= 0.3 is 0 Å². The number of benzene rings is 1. The Bertz CT molecular complexity index is 566. The van der Waals surface area contributed by atoms with Crippen LogP contribution in [0.4, 0.5) is 0 Å². The van der Waals surface area contributed by atoms with Crippen molar-refractivity contribution in [2.75, 3.05) is 19.6 Å². The van der Waals surface area contributed by atoms with Crippen LogP contribution in [0.5, 0.6) is 0 Å². The summed E-state index contributed by atoms with van der Waals surface area (Å²) < 4.78 is 2.17. The minimum absolute atomic E-state index is 0.509. The molecule has 4 heterocycles. The first kappa shape index (κ1) is 12.2. The van der Waals surface area contributed by atoms with E-state index < -0.39 is 0 Å². The van der Waals surface area contributed by atoms with Gasteiger partial charge in [0.1, 0.15) is 0 Å². The van der Waals surface area contributed by atoms with Crippen molar-refractivity contribution in [2.24, 2.45) is 5.41 Å². The van der Waals surface area contributed by atoms with Crippen molar-refractivity contribution >= 4 is 0 Å². The Morgan fingerprint density at radius 2 is 1.65 bits per heavy atom. The maximum atomic E-state index is 4.79. The van der Waals surface area contributed by atoms with E-state index in [0.29, 0.717) is 5.41 Å². The van der Waals surface area contributed by atoms with Gasteiger partial charge in [0, 0.05) is 18.3 Å². The standard InChI is InChI=1S/C17H21N3/c1-2-4-15(5-3-1)16-6-10-20(18-16)14-17-7-11-19(12-8-17)13-9-17/h1-6,10H,7-9,11-14H2. The first-order valence-corrected chi connectivity index (χ1v) is 7.64. The summed E-state index contributed by atoms with van der Waals surface area (Å²) in [7, 11) is 0. The lowest BCUT2D eigenvalue weighted by atomic mass is 9.72. The summed E-state index contributed by atoms with van der Waals surface area (Å²) >= 11 is 0. The number of nitrogens with zero attached hydrogens (tertiary/aromatic N) is 3. The molecule has 0 aliphatic carbocycles. The molecule has 0 radical (unpaired) electrons. The van der Waals surface area contributed by atoms with E-state index in [1.54, 1.807) is 0 Å². The summed E-state index contributed by atoms with van der Waals surface area (Å²) in [6.07, 6.45) is 6.17. The maximum absolute atomic E-state index is 4.79. The molecular formula is C17H21N3. The third-order valence-electron chi connectivity index (χ3n) is 5.08. The summed E-state index contributed by atoms with van der Waals surface area (Å²) in [5.41, 5.74) is 2.81. The molecule has 20 heavy (non-hydrogen) atoms. The Morgan fingerprint density at radius 1 is 0.950 bits per heavy atom. The molecule has 3 saturated heterocycles. The molecule has 0 N–H and O–H groups in total. The molecule has 0 amide bonds. The van der Waals surface area contributed by atoms with E-state index >= 15 is 0 Å². The van der Waals surface area contributed by atoms with Gasteiger partial charge < -0.3 is 4.90 Å². The van der Waals surface area contributed by atoms with Gasteiger partial charge in [-0.25, -0.2) is 0 Å². The molecule has 3 fully saturated rings. The van der Waals surface area contributed by atoms with Crippen LogP contribution in [0, 0.1) is 5.41 Å². The van der Waals surface area contributed by atoms with Crippen LogP contribution >= 0.6 is 0 Å². The lowest BCUT2D eigenvalue weighted by Gasteiger charge is -2.48. The fourth-order valence-corrected chi connectivity index (χ4v) is 3.69. The normalized spacial score (nSPS) is 28.7. The summed E-state index contributed by atoms with van der Waals surface area (Å²) in [6, 6.07) is 12.6. The number of hydrogen-bond donors (Lipinski definition) is 0. The lowest BCUT2D eigenvalue weighted by Crippen LogP contribution is -2.49. The predicted octanol–water partition coefficient (Wildman–Crippen LogP) is 3.04. The van der Waals surface area contributed by atoms with Gasteiger partial charge in [-0.3, -0.25) is 4.68 Å². The van der Waals surface area contributed by atoms with Crippen molar-refractivity contribution in [1.82, 2.24) is 14.7 Å². The average Bonchev–Trinajstić information content (AvgIpc) is 2.98. The number of piperidine rings is 3. The fourth-order valence-electron chi connectivity index (χ4n) is 3.69. The van der Waals surface area contributed by atoms with Gasteiger partial charge in [0.05, 0.1) is 5.69 Å². The Hall–Kier alpha value is -1.61. The molecule has 0 unspecified atom stereocenters. The molecule has 2 bridgehead atoms. The van der Waals surface area contributed by atoms with Crippen LogP contribution in [0.25, 0.3) is 11.3 Å². The van der Waals surface area contributed by atoms with Crippen LogP contribution < -0.4 is 0 Å². The van der Waals surface area contributed by atoms with Crippen molar-refractivity contribution in [2.45, 2.75) is 25.8 Å². The van der Waals surface area contributed by atoms with Crippen LogP contribution in [0.3, 0.4) is 0 Å². The van der Waals surface area contributed by atoms with Gasteiger partial charge in [-0.05, 0) is 50.4 Å². The Labute approximate surface area is 120 Å². The molecule has 5 rings (SSSR count). The monoisotopic (exact) mass is 267 g/mol. The second-order valence-electron chi connectivity index (χ2n) is 6.36. The van der Waals surface area contributed by atoms with E-state index in [-0.39, 0.29) is 0 Å². The second kappa shape index (κ2) is 4.74. The van der Waals surface area contributed by atoms with Crippen LogP contribution in [-0.4, -0.2) is 34.3 Å². The first-order chi connectivity index (χ1) is 9.83. The van der Waals surface area contributed by atoms with E-state index in [1.165, 1.54) is 44.5 Å². The van der Waals surface area contributed by atoms with Crippen molar-refractivity contribution in [3.05, 3.63) is 42.6 Å². The fraction of sp³-hybridized carbons (Fsp3) is 0.471. The summed E-state index contributed by atoms with van der Waals surface area (Å²) in [4.78, 5) is 2.60. The zero-order valence-electron chi connectivity index (χ0n) is 11.8. The van der Waals surface area contributed by atoms with Crippen LogP contribution in [0.2, 0.25) is 0 Å². The van der Waals surface area contributed by atoms with E-state index in [4.69, 9.17) is 5.10 Å². The molecule has 1 aromatic carbocycles. The molecule has 104 valence electrons. The van der Waals surface area contributed by atoms with Gasteiger partial charge in [0.15, 0.2) is 0 Å². The highest BCUT2D eigenvalue weighted by Gasteiger charge is 2.39. The van der Waals surface area contributed by atoms with Crippen molar-refractivity contribution in [3.63, 3.8) is 0 Å². The van der Waals surface area contributed by atoms with E-state index in [0.717, 1.165) is 12.2 Å². The van der Waals surface area contributed by atoms with Gasteiger partial charge in [-0.2, -0.15) is 5.10 Å². The largest absolute Gasteiger partial charge is 0.303 e. The lowest BCUT2D eigenvalue weighted by molar-refractivity contribution is 0.0110. The zero-order chi connectivity index (χ0) is 13.4. The molecule has 3 aliphatic heterocycles. The minimum Gasteiger partial charge on any atom is -0.303 e. The molecule has 2 aromatic rings. The molecule has 0 atom stereocenters. The minimum atomic E-state index is 0.509. The number of hydrogen-bond acceptors (Lipinski definition) is 2. The smallest absolute Gasteiger partial charge is 0.0923 e. The highest BCUT2D eigenvalue weighted by Crippen LogP contribution is 2.41. The summed E-state index contributed by atoms with van der Waals surface area (Å²) in [6.45, 7) is 4.94. The Morgan fingerprint density at radius 3 is 2.35 bits per heavy atom. The second-order valence-corrected chi connectivity index (χ2v) is 6.36. The molecule has 3 aliphatic rings. The van der Waals surface area contributed by atoms with Crippen LogP contribution in [0.15, 0.2) is 42.6 Å². The molecule has 1 aromatic heterocycles. The maximum Gasteiger partial charge on any atom is 0.0923 e. The Balaban J connectivity index is 1.54. The highest BCUT2D eigenvalue weighted by molar-refractivity contribution is 5.57. The quantitative estimate of drug-likeness (QED) is 0.852. The van der Waals surface area contributed by atoms with E-state index in [9.17, 15) is 0 Å². The van der Waals surface area contributed by atoms with Gasteiger partial charge in [-0.15, -0.1) is 0 Å². The molecule has 0 spiro atoms. The van der Waals surface area contributed by atoms with Crippen molar-refractivity contribution in [1.29, 1.82) is 0 Å². The van der Waals surface area contributed by atoms with Crippen molar-refractivity contribution < 1.29 is 0 Å². The predicted molar refractivity (Wildman–Crippen MR) is 80.4 cm³/mol. The van der Waals surface area contributed by atoms with Crippen LogP contribution in [0.1, 0.15) is 19.3 Å². The van der Waals surface area contributed by atoms with Gasteiger partial charge in [0.2, 0.25) is 0 Å². The van der Waals surface area contributed by atoms with Gasteiger partial charge in [-0.1, -0.05) is 30.3 Å². The zero-order valence-corrected chi connectivity index (χ0v) is 11.8. The molecule has 0 saturated carbocycles. The Kier molecular flexibility index (Phi) is 2.88. The highest BCUT2D eigenvalue weighted by atomic mass is 15.3. The third kappa shape index (κ3) is 2.16. The topological polar surface area (TPSA) is 21.1 Å². The number of fused-ring (bicyclic) bond motifs is 3. The van der Waals surface area contributed by atoms with Gasteiger partial charge in [0.25, 0.3) is 0 Å². The molecule has 3 nitrogen and oxygen atoms in total. The van der Waals surface area contributed by atoms with E-state index in [2.05, 4.69) is 52.2 Å². The SMILES string of the molecule is c1ccc(-c2ccn(CC34CCN(CC3)CC4)n2)cc1. The first-order valence-electron chi connectivity index (χ1n) is 7.64. The molecular weight excluding hydrogens is 246 g/mol. The van der Waals surface area contributed by atoms with E-state index in [1.807, 2.05) is 0 Å². The summed E-state index contributed by atoms with van der Waals surface area (Å²) in [5, 5.41) is 4.79.